The molecular weight excluding hydrogens is 328 g/mol. The molecule has 1 aromatic carbocycles. The summed E-state index contributed by atoms with van der Waals surface area (Å²) in [5.74, 6) is 0.185. The summed E-state index contributed by atoms with van der Waals surface area (Å²) in [6, 6.07) is 10.5. The Morgan fingerprint density at radius 2 is 1.81 bits per heavy atom. The summed E-state index contributed by atoms with van der Waals surface area (Å²) in [6.45, 7) is 3.67. The Morgan fingerprint density at radius 3 is 2.42 bits per heavy atom. The summed E-state index contributed by atoms with van der Waals surface area (Å²) in [5.41, 5.74) is 0.937. The van der Waals surface area contributed by atoms with Gasteiger partial charge in [-0.1, -0.05) is 30.3 Å². The van der Waals surface area contributed by atoms with E-state index in [1.165, 1.54) is 12.8 Å². The smallest absolute Gasteiger partial charge is 0.308 e. The van der Waals surface area contributed by atoms with Gasteiger partial charge < -0.3 is 15.4 Å². The molecule has 2 aliphatic rings. The first kappa shape index (κ1) is 18.9. The fourth-order valence-electron chi connectivity index (χ4n) is 4.27. The molecule has 2 bridgehead atoms. The minimum Gasteiger partial charge on any atom is -0.463 e. The van der Waals surface area contributed by atoms with Gasteiger partial charge in [0, 0.05) is 18.5 Å². The molecule has 5 heteroatoms. The molecule has 3 atom stereocenters. The summed E-state index contributed by atoms with van der Waals surface area (Å²) in [5, 5.41) is 6.69. The Hall–Kier alpha value is -1.88. The van der Waals surface area contributed by atoms with E-state index in [0.717, 1.165) is 18.4 Å². The lowest BCUT2D eigenvalue weighted by Gasteiger charge is -2.29. The van der Waals surface area contributed by atoms with Crippen LogP contribution < -0.4 is 10.6 Å². The highest BCUT2D eigenvalue weighted by molar-refractivity contribution is 5.78. The van der Waals surface area contributed by atoms with Gasteiger partial charge >= 0.3 is 5.97 Å². The number of benzene rings is 1. The third-order valence-electron chi connectivity index (χ3n) is 5.32. The first-order chi connectivity index (χ1) is 12.5. The van der Waals surface area contributed by atoms with E-state index in [4.69, 9.17) is 4.74 Å². The van der Waals surface area contributed by atoms with E-state index in [0.29, 0.717) is 24.4 Å². The van der Waals surface area contributed by atoms with Crippen LogP contribution in [-0.2, 0) is 14.3 Å². The third kappa shape index (κ3) is 5.31. The molecule has 0 aliphatic carbocycles. The number of piperidine rings is 1. The molecule has 2 aliphatic heterocycles. The predicted octanol–water partition coefficient (Wildman–Crippen LogP) is 3.11. The van der Waals surface area contributed by atoms with Gasteiger partial charge in [-0.2, -0.15) is 0 Å². The second kappa shape index (κ2) is 8.67. The SMILES string of the molecule is CC(C)OC(=O)CC(NC(=O)CC1CC2CCC(C1)N2)c1ccccc1. The highest BCUT2D eigenvalue weighted by atomic mass is 16.5. The molecule has 26 heavy (non-hydrogen) atoms. The van der Waals surface area contributed by atoms with Crippen LogP contribution in [0, 0.1) is 5.92 Å². The number of hydrogen-bond donors (Lipinski definition) is 2. The van der Waals surface area contributed by atoms with Crippen molar-refractivity contribution in [2.24, 2.45) is 5.92 Å². The average molecular weight is 358 g/mol. The summed E-state index contributed by atoms with van der Waals surface area (Å²) in [4.78, 5) is 24.8. The quantitative estimate of drug-likeness (QED) is 0.735. The van der Waals surface area contributed by atoms with Gasteiger partial charge in [-0.3, -0.25) is 9.59 Å². The van der Waals surface area contributed by atoms with Crippen molar-refractivity contribution in [1.82, 2.24) is 10.6 Å². The van der Waals surface area contributed by atoms with Crippen LogP contribution in [0.25, 0.3) is 0 Å². The second-order valence-electron chi connectivity index (χ2n) is 7.95. The van der Waals surface area contributed by atoms with Crippen molar-refractivity contribution in [1.29, 1.82) is 0 Å². The summed E-state index contributed by atoms with van der Waals surface area (Å²) in [6.07, 6.45) is 5.17. The van der Waals surface area contributed by atoms with Crippen LogP contribution in [0.15, 0.2) is 30.3 Å². The van der Waals surface area contributed by atoms with Gasteiger partial charge in [0.15, 0.2) is 0 Å². The first-order valence-corrected chi connectivity index (χ1v) is 9.79. The van der Waals surface area contributed by atoms with Crippen LogP contribution in [0.1, 0.15) is 64.0 Å². The molecule has 1 aromatic rings. The van der Waals surface area contributed by atoms with Crippen molar-refractivity contribution in [3.05, 3.63) is 35.9 Å². The molecule has 0 saturated carbocycles. The van der Waals surface area contributed by atoms with Crippen LogP contribution >= 0.6 is 0 Å². The van der Waals surface area contributed by atoms with Gasteiger partial charge in [-0.15, -0.1) is 0 Å². The van der Waals surface area contributed by atoms with Crippen LogP contribution in [0.4, 0.5) is 0 Å². The molecule has 0 radical (unpaired) electrons. The normalized spacial score (nSPS) is 25.7. The number of carbonyl (C=O) groups excluding carboxylic acids is 2. The molecule has 2 fully saturated rings. The zero-order valence-electron chi connectivity index (χ0n) is 15.7. The Labute approximate surface area is 155 Å². The van der Waals surface area contributed by atoms with Crippen molar-refractivity contribution >= 4 is 11.9 Å². The first-order valence-electron chi connectivity index (χ1n) is 9.79. The van der Waals surface area contributed by atoms with Gasteiger partial charge in [-0.25, -0.2) is 0 Å². The van der Waals surface area contributed by atoms with Crippen molar-refractivity contribution in [3.8, 4) is 0 Å². The molecule has 5 nitrogen and oxygen atoms in total. The van der Waals surface area contributed by atoms with Crippen molar-refractivity contribution in [3.63, 3.8) is 0 Å². The fourth-order valence-corrected chi connectivity index (χ4v) is 4.27. The fraction of sp³-hybridized carbons (Fsp3) is 0.619. The standard InChI is InChI=1S/C21H30N2O3/c1-14(2)26-21(25)13-19(16-6-4-3-5-7-16)23-20(24)12-15-10-17-8-9-18(11-15)22-17/h3-7,14-15,17-19,22H,8-13H2,1-2H3,(H,23,24). The van der Waals surface area contributed by atoms with E-state index in [9.17, 15) is 9.59 Å². The van der Waals surface area contributed by atoms with Gasteiger partial charge in [0.1, 0.15) is 0 Å². The van der Waals surface area contributed by atoms with E-state index < -0.39 is 0 Å². The van der Waals surface area contributed by atoms with Crippen LogP contribution in [0.3, 0.4) is 0 Å². The third-order valence-corrected chi connectivity index (χ3v) is 5.32. The van der Waals surface area contributed by atoms with E-state index in [1.807, 2.05) is 44.2 Å². The Bertz CT molecular complexity index is 605. The number of ether oxygens (including phenoxy) is 1. The van der Waals surface area contributed by atoms with Crippen LogP contribution in [-0.4, -0.2) is 30.1 Å². The average Bonchev–Trinajstić information content (AvgIpc) is 2.93. The highest BCUT2D eigenvalue weighted by Gasteiger charge is 2.34. The Morgan fingerprint density at radius 1 is 1.15 bits per heavy atom. The van der Waals surface area contributed by atoms with E-state index >= 15 is 0 Å². The Balaban J connectivity index is 1.59. The zero-order chi connectivity index (χ0) is 18.5. The lowest BCUT2D eigenvalue weighted by atomic mass is 9.89. The second-order valence-corrected chi connectivity index (χ2v) is 7.95. The van der Waals surface area contributed by atoms with Gasteiger partial charge in [-0.05, 0) is 51.0 Å². The molecule has 2 heterocycles. The van der Waals surface area contributed by atoms with E-state index in [-0.39, 0.29) is 30.4 Å². The number of fused-ring (bicyclic) bond motifs is 2. The monoisotopic (exact) mass is 358 g/mol. The molecule has 3 rings (SSSR count). The largest absolute Gasteiger partial charge is 0.463 e. The lowest BCUT2D eigenvalue weighted by Crippen LogP contribution is -2.40. The zero-order valence-corrected chi connectivity index (χ0v) is 15.7. The molecule has 2 saturated heterocycles. The van der Waals surface area contributed by atoms with E-state index in [1.54, 1.807) is 0 Å². The number of rotatable bonds is 7. The maximum atomic E-state index is 12.6. The number of amides is 1. The number of hydrogen-bond acceptors (Lipinski definition) is 4. The topological polar surface area (TPSA) is 67.4 Å². The number of esters is 1. The minimum absolute atomic E-state index is 0.0301. The van der Waals surface area contributed by atoms with Gasteiger partial charge in [0.2, 0.25) is 5.91 Å². The van der Waals surface area contributed by atoms with Crippen molar-refractivity contribution in [2.45, 2.75) is 76.6 Å². The molecule has 1 amide bonds. The summed E-state index contributed by atoms with van der Waals surface area (Å²) in [7, 11) is 0. The van der Waals surface area contributed by atoms with Crippen LogP contribution in [0.2, 0.25) is 0 Å². The molecular formula is C21H30N2O3. The molecule has 2 N–H and O–H groups in total. The molecule has 142 valence electrons. The van der Waals surface area contributed by atoms with Gasteiger partial charge in [0.05, 0.1) is 18.6 Å². The van der Waals surface area contributed by atoms with Crippen molar-refractivity contribution < 1.29 is 14.3 Å². The lowest BCUT2D eigenvalue weighted by molar-refractivity contribution is -0.148. The highest BCUT2D eigenvalue weighted by Crippen LogP contribution is 2.32. The summed E-state index contributed by atoms with van der Waals surface area (Å²) >= 11 is 0. The molecule has 0 spiro atoms. The van der Waals surface area contributed by atoms with Crippen molar-refractivity contribution in [2.75, 3.05) is 0 Å². The number of nitrogens with one attached hydrogen (secondary N) is 2. The maximum Gasteiger partial charge on any atom is 0.308 e. The Kier molecular flexibility index (Phi) is 6.30. The van der Waals surface area contributed by atoms with Gasteiger partial charge in [0.25, 0.3) is 0 Å². The van der Waals surface area contributed by atoms with Crippen LogP contribution in [0.5, 0.6) is 0 Å². The van der Waals surface area contributed by atoms with E-state index in [2.05, 4.69) is 10.6 Å². The minimum atomic E-state index is -0.339. The predicted molar refractivity (Wildman–Crippen MR) is 100 cm³/mol. The molecule has 3 unspecified atom stereocenters. The molecule has 0 aromatic heterocycles. The number of carbonyl (C=O) groups is 2. The maximum absolute atomic E-state index is 12.6. The summed E-state index contributed by atoms with van der Waals surface area (Å²) < 4.78 is 5.27.